The predicted octanol–water partition coefficient (Wildman–Crippen LogP) is 2.71. The lowest BCUT2D eigenvalue weighted by atomic mass is 10.1. The van der Waals surface area contributed by atoms with Crippen molar-refractivity contribution in [1.82, 2.24) is 9.62 Å². The number of thiophene rings is 1. The maximum atomic E-state index is 12.4. The molecule has 1 saturated heterocycles. The smallest absolute Gasteiger partial charge is 0.260 e. The molecule has 0 aliphatic carbocycles. The highest BCUT2D eigenvalue weighted by Crippen LogP contribution is 2.19. The molecule has 1 amide bonds. The van der Waals surface area contributed by atoms with Gasteiger partial charge in [-0.25, -0.2) is 13.1 Å². The number of hydrogen-bond donors (Lipinski definition) is 1. The summed E-state index contributed by atoms with van der Waals surface area (Å²) in [5.41, 5.74) is 2.31. The first-order valence-corrected chi connectivity index (χ1v) is 11.2. The maximum Gasteiger partial charge on any atom is 0.260 e. The third-order valence-corrected chi connectivity index (χ3v) is 7.69. The van der Waals surface area contributed by atoms with Crippen LogP contribution >= 0.6 is 11.3 Å². The molecule has 0 unspecified atom stereocenters. The fourth-order valence-corrected chi connectivity index (χ4v) is 5.30. The molecule has 27 heavy (non-hydrogen) atoms. The molecular formula is C19H24N2O4S2. The van der Waals surface area contributed by atoms with Gasteiger partial charge in [0.25, 0.3) is 5.91 Å². The summed E-state index contributed by atoms with van der Waals surface area (Å²) >= 11 is 1.20. The van der Waals surface area contributed by atoms with Gasteiger partial charge in [-0.3, -0.25) is 4.79 Å². The minimum atomic E-state index is -3.47. The van der Waals surface area contributed by atoms with Crippen LogP contribution in [-0.4, -0.2) is 45.0 Å². The lowest BCUT2D eigenvalue weighted by molar-refractivity contribution is -0.134. The Kier molecular flexibility index (Phi) is 6.18. The van der Waals surface area contributed by atoms with Crippen LogP contribution in [0, 0.1) is 13.8 Å². The lowest BCUT2D eigenvalue weighted by Gasteiger charge is -2.32. The number of nitrogens with zero attached hydrogens (tertiary/aromatic N) is 1. The number of hydrogen-bond acceptors (Lipinski definition) is 5. The van der Waals surface area contributed by atoms with Gasteiger partial charge in [-0.05, 0) is 61.4 Å². The van der Waals surface area contributed by atoms with Gasteiger partial charge in [0, 0.05) is 19.1 Å². The summed E-state index contributed by atoms with van der Waals surface area (Å²) in [6.45, 7) is 5.07. The highest BCUT2D eigenvalue weighted by atomic mass is 32.2. The number of carbonyl (C=O) groups is 1. The molecule has 8 heteroatoms. The van der Waals surface area contributed by atoms with Gasteiger partial charge >= 0.3 is 0 Å². The zero-order chi connectivity index (χ0) is 19.4. The van der Waals surface area contributed by atoms with Gasteiger partial charge in [0.15, 0.2) is 6.61 Å². The molecule has 1 aliphatic heterocycles. The molecule has 0 radical (unpaired) electrons. The topological polar surface area (TPSA) is 75.7 Å². The molecule has 2 heterocycles. The summed E-state index contributed by atoms with van der Waals surface area (Å²) in [5.74, 6) is 0.609. The van der Waals surface area contributed by atoms with E-state index in [1.807, 2.05) is 32.0 Å². The van der Waals surface area contributed by atoms with Crippen molar-refractivity contribution in [3.8, 4) is 5.75 Å². The highest BCUT2D eigenvalue weighted by Gasteiger charge is 2.27. The number of ether oxygens (including phenoxy) is 1. The van der Waals surface area contributed by atoms with Crippen molar-refractivity contribution in [2.75, 3.05) is 19.7 Å². The van der Waals surface area contributed by atoms with E-state index in [-0.39, 0.29) is 18.6 Å². The molecule has 0 atom stereocenters. The first-order chi connectivity index (χ1) is 12.8. The standard InChI is InChI=1S/C19H24N2O4S2/c1-14-5-6-17(12-15(14)2)25-13-18(22)21-9-7-16(8-10-21)20-27(23,24)19-4-3-11-26-19/h3-6,11-12,16,20H,7-10,13H2,1-2H3. The van der Waals surface area contributed by atoms with Crippen molar-refractivity contribution >= 4 is 27.3 Å². The number of piperidine rings is 1. The minimum Gasteiger partial charge on any atom is -0.484 e. The SMILES string of the molecule is Cc1ccc(OCC(=O)N2CCC(NS(=O)(=O)c3cccs3)CC2)cc1C. The van der Waals surface area contributed by atoms with Crippen LogP contribution in [0.25, 0.3) is 0 Å². The second-order valence-corrected chi connectivity index (χ2v) is 9.63. The van der Waals surface area contributed by atoms with E-state index in [1.165, 1.54) is 16.9 Å². The number of carbonyl (C=O) groups excluding carboxylic acids is 1. The molecule has 1 aromatic carbocycles. The van der Waals surface area contributed by atoms with Crippen LogP contribution in [0.3, 0.4) is 0 Å². The summed E-state index contributed by atoms with van der Waals surface area (Å²) < 4.78 is 33.2. The molecule has 146 valence electrons. The number of nitrogens with one attached hydrogen (secondary N) is 1. The van der Waals surface area contributed by atoms with E-state index >= 15 is 0 Å². The van der Waals surface area contributed by atoms with Crippen molar-refractivity contribution in [2.45, 2.75) is 36.9 Å². The van der Waals surface area contributed by atoms with E-state index in [2.05, 4.69) is 4.72 Å². The van der Waals surface area contributed by atoms with Gasteiger partial charge in [-0.15, -0.1) is 11.3 Å². The molecule has 0 bridgehead atoms. The lowest BCUT2D eigenvalue weighted by Crippen LogP contribution is -2.47. The summed E-state index contributed by atoms with van der Waals surface area (Å²) in [6, 6.07) is 8.92. The molecule has 6 nitrogen and oxygen atoms in total. The Morgan fingerprint density at radius 3 is 2.59 bits per heavy atom. The van der Waals surface area contributed by atoms with Crippen LogP contribution in [0.15, 0.2) is 39.9 Å². The van der Waals surface area contributed by atoms with Crippen molar-refractivity contribution in [2.24, 2.45) is 0 Å². The molecule has 3 rings (SSSR count). The van der Waals surface area contributed by atoms with Crippen molar-refractivity contribution in [3.63, 3.8) is 0 Å². The third-order valence-electron chi connectivity index (χ3n) is 4.77. The minimum absolute atomic E-state index is 0.00586. The molecule has 1 aromatic heterocycles. The number of sulfonamides is 1. The summed E-state index contributed by atoms with van der Waals surface area (Å²) in [4.78, 5) is 14.1. The monoisotopic (exact) mass is 408 g/mol. The predicted molar refractivity (Wildman–Crippen MR) is 106 cm³/mol. The molecule has 2 aromatic rings. The second kappa shape index (κ2) is 8.41. The molecule has 1 N–H and O–H groups in total. The molecule has 0 saturated carbocycles. The Labute approximate surface area is 164 Å². The van der Waals surface area contributed by atoms with Crippen molar-refractivity contribution < 1.29 is 17.9 Å². The fraction of sp³-hybridized carbons (Fsp3) is 0.421. The fourth-order valence-electron chi connectivity index (χ4n) is 2.98. The van der Waals surface area contributed by atoms with E-state index in [4.69, 9.17) is 4.74 Å². The van der Waals surface area contributed by atoms with Crippen molar-refractivity contribution in [3.05, 3.63) is 46.8 Å². The van der Waals surface area contributed by atoms with Gasteiger partial charge in [-0.1, -0.05) is 12.1 Å². The second-order valence-electron chi connectivity index (χ2n) is 6.74. The largest absolute Gasteiger partial charge is 0.484 e. The summed E-state index contributed by atoms with van der Waals surface area (Å²) in [7, 11) is -3.47. The number of benzene rings is 1. The normalized spacial score (nSPS) is 15.7. The van der Waals surface area contributed by atoms with Gasteiger partial charge in [0.05, 0.1) is 0 Å². The molecule has 1 aliphatic rings. The number of aryl methyl sites for hydroxylation is 2. The van der Waals surface area contributed by atoms with Crippen LogP contribution in [0.4, 0.5) is 0 Å². The van der Waals surface area contributed by atoms with Crippen LogP contribution in [0.1, 0.15) is 24.0 Å². The van der Waals surface area contributed by atoms with Gasteiger partial charge < -0.3 is 9.64 Å². The maximum absolute atomic E-state index is 12.4. The Balaban J connectivity index is 1.47. The van der Waals surface area contributed by atoms with E-state index in [0.29, 0.717) is 35.9 Å². The zero-order valence-electron chi connectivity index (χ0n) is 15.5. The van der Waals surface area contributed by atoms with Gasteiger partial charge in [0.2, 0.25) is 10.0 Å². The van der Waals surface area contributed by atoms with E-state index in [1.54, 1.807) is 22.4 Å². The molecule has 1 fully saturated rings. The number of likely N-dealkylation sites (tertiary alicyclic amines) is 1. The average molecular weight is 409 g/mol. The average Bonchev–Trinajstić information content (AvgIpc) is 3.18. The Bertz CT molecular complexity index is 886. The van der Waals surface area contributed by atoms with Crippen molar-refractivity contribution in [1.29, 1.82) is 0 Å². The summed E-state index contributed by atoms with van der Waals surface area (Å²) in [6.07, 6.45) is 1.19. The third kappa shape index (κ3) is 5.09. The first-order valence-electron chi connectivity index (χ1n) is 8.89. The van der Waals surface area contributed by atoms with Crippen LogP contribution in [0.2, 0.25) is 0 Å². The highest BCUT2D eigenvalue weighted by molar-refractivity contribution is 7.91. The molecule has 0 spiro atoms. The molecular weight excluding hydrogens is 384 g/mol. The van der Waals surface area contributed by atoms with Gasteiger partial charge in [-0.2, -0.15) is 0 Å². The van der Waals surface area contributed by atoms with Gasteiger partial charge in [0.1, 0.15) is 9.96 Å². The Morgan fingerprint density at radius 2 is 1.96 bits per heavy atom. The van der Waals surface area contributed by atoms with E-state index in [9.17, 15) is 13.2 Å². The zero-order valence-corrected chi connectivity index (χ0v) is 17.1. The number of amides is 1. The summed E-state index contributed by atoms with van der Waals surface area (Å²) in [5, 5.41) is 1.74. The van der Waals surface area contributed by atoms with Crippen LogP contribution < -0.4 is 9.46 Å². The van der Waals surface area contributed by atoms with Crippen LogP contribution in [-0.2, 0) is 14.8 Å². The Hall–Kier alpha value is -1.90. The Morgan fingerprint density at radius 1 is 1.22 bits per heavy atom. The van der Waals surface area contributed by atoms with Crippen LogP contribution in [0.5, 0.6) is 5.75 Å². The van der Waals surface area contributed by atoms with E-state index < -0.39 is 10.0 Å². The first kappa shape index (κ1) is 19.9. The van der Waals surface area contributed by atoms with E-state index in [0.717, 1.165) is 5.56 Å². The quantitative estimate of drug-likeness (QED) is 0.797. The number of rotatable bonds is 6.